The second-order valence-corrected chi connectivity index (χ2v) is 8.86. The molecule has 0 spiro atoms. The van der Waals surface area contributed by atoms with Gasteiger partial charge in [-0.25, -0.2) is 9.79 Å². The van der Waals surface area contributed by atoms with Crippen LogP contribution in [0.4, 0.5) is 0 Å². The summed E-state index contributed by atoms with van der Waals surface area (Å²) in [6.07, 6.45) is 1.70. The van der Waals surface area contributed by atoms with Crippen molar-refractivity contribution in [3.63, 3.8) is 0 Å². The van der Waals surface area contributed by atoms with Crippen molar-refractivity contribution >= 4 is 29.4 Å². The molecule has 0 saturated carbocycles. The van der Waals surface area contributed by atoms with Crippen LogP contribution in [-0.4, -0.2) is 37.8 Å². The van der Waals surface area contributed by atoms with Gasteiger partial charge in [0.1, 0.15) is 5.75 Å². The fourth-order valence-corrected chi connectivity index (χ4v) is 5.01. The highest BCUT2D eigenvalue weighted by molar-refractivity contribution is 7.07. The van der Waals surface area contributed by atoms with E-state index in [1.165, 1.54) is 37.0 Å². The second kappa shape index (κ2) is 10.2. The number of benzene rings is 2. The van der Waals surface area contributed by atoms with Crippen LogP contribution < -0.4 is 29.1 Å². The Bertz CT molecular complexity index is 1550. The van der Waals surface area contributed by atoms with Crippen LogP contribution in [0, 0.1) is 0 Å². The Hall–Kier alpha value is -4.18. The molecule has 0 bridgehead atoms. The molecule has 0 N–H and O–H groups in total. The number of fused-ring (bicyclic) bond motifs is 1. The van der Waals surface area contributed by atoms with Crippen molar-refractivity contribution in [3.8, 4) is 17.2 Å². The maximum absolute atomic E-state index is 13.6. The molecule has 10 heteroatoms. The zero-order valence-electron chi connectivity index (χ0n) is 20.4. The summed E-state index contributed by atoms with van der Waals surface area (Å²) in [6, 6.07) is 11.4. The molecule has 0 fully saturated rings. The topological polar surface area (TPSA) is 105 Å². The number of allylic oxidation sites excluding steroid dienone is 1. The minimum atomic E-state index is -0.720. The first-order valence-corrected chi connectivity index (χ1v) is 11.7. The van der Waals surface area contributed by atoms with Crippen LogP contribution in [0.3, 0.4) is 0 Å². The number of thiazole rings is 1. The molecule has 4 rings (SSSR count). The number of esters is 2. The van der Waals surface area contributed by atoms with E-state index in [9.17, 15) is 14.4 Å². The predicted octanol–water partition coefficient (Wildman–Crippen LogP) is 2.35. The summed E-state index contributed by atoms with van der Waals surface area (Å²) in [6.45, 7) is 3.02. The van der Waals surface area contributed by atoms with Crippen molar-refractivity contribution in [1.29, 1.82) is 0 Å². The van der Waals surface area contributed by atoms with Gasteiger partial charge in [0.2, 0.25) is 0 Å². The van der Waals surface area contributed by atoms with Crippen LogP contribution in [0.15, 0.2) is 63.5 Å². The number of methoxy groups -OCH3 is 3. The zero-order valence-corrected chi connectivity index (χ0v) is 21.2. The fourth-order valence-electron chi connectivity index (χ4n) is 3.96. The van der Waals surface area contributed by atoms with Crippen LogP contribution in [0.1, 0.15) is 31.0 Å². The Balaban J connectivity index is 1.89. The number of ether oxygens (including phenoxy) is 4. The first-order valence-electron chi connectivity index (χ1n) is 10.9. The maximum Gasteiger partial charge on any atom is 0.338 e. The van der Waals surface area contributed by atoms with Crippen molar-refractivity contribution in [2.75, 3.05) is 21.3 Å². The van der Waals surface area contributed by atoms with E-state index in [-0.39, 0.29) is 16.9 Å². The van der Waals surface area contributed by atoms with Gasteiger partial charge in [0.05, 0.1) is 43.2 Å². The van der Waals surface area contributed by atoms with E-state index in [0.717, 1.165) is 0 Å². The Morgan fingerprint density at radius 2 is 1.75 bits per heavy atom. The molecule has 0 unspecified atom stereocenters. The van der Waals surface area contributed by atoms with Crippen LogP contribution in [0.5, 0.6) is 17.2 Å². The average Bonchev–Trinajstić information content (AvgIpc) is 3.17. The molecule has 2 heterocycles. The molecule has 0 amide bonds. The third-order valence-electron chi connectivity index (χ3n) is 5.60. The predicted molar refractivity (Wildman–Crippen MR) is 133 cm³/mol. The minimum Gasteiger partial charge on any atom is -0.497 e. The number of carbonyl (C=O) groups excluding carboxylic acids is 2. The molecule has 0 radical (unpaired) electrons. The molecule has 1 aliphatic rings. The third kappa shape index (κ3) is 4.67. The summed E-state index contributed by atoms with van der Waals surface area (Å²) >= 11 is 1.21. The lowest BCUT2D eigenvalue weighted by molar-refractivity contribution is -0.136. The number of nitrogens with zero attached hydrogens (tertiary/aromatic N) is 2. The van der Waals surface area contributed by atoms with E-state index in [4.69, 9.17) is 18.9 Å². The zero-order chi connectivity index (χ0) is 26.0. The van der Waals surface area contributed by atoms with Gasteiger partial charge in [-0.15, -0.1) is 0 Å². The quantitative estimate of drug-likeness (QED) is 0.372. The summed E-state index contributed by atoms with van der Waals surface area (Å²) in [7, 11) is 4.33. The highest BCUT2D eigenvalue weighted by atomic mass is 32.1. The summed E-state index contributed by atoms with van der Waals surface area (Å²) in [5, 5.41) is 0. The Morgan fingerprint density at radius 3 is 2.36 bits per heavy atom. The van der Waals surface area contributed by atoms with E-state index < -0.39 is 18.0 Å². The molecule has 1 aromatic heterocycles. The molecule has 2 aromatic carbocycles. The fraction of sp³-hybridized carbons (Fsp3) is 0.231. The van der Waals surface area contributed by atoms with E-state index in [1.807, 2.05) is 0 Å². The minimum absolute atomic E-state index is 0.279. The summed E-state index contributed by atoms with van der Waals surface area (Å²) in [4.78, 5) is 42.7. The number of aromatic nitrogens is 1. The Kier molecular flexibility index (Phi) is 7.07. The van der Waals surface area contributed by atoms with Gasteiger partial charge in [0.25, 0.3) is 5.56 Å². The van der Waals surface area contributed by atoms with Gasteiger partial charge < -0.3 is 18.9 Å². The van der Waals surface area contributed by atoms with Crippen LogP contribution in [-0.2, 0) is 14.3 Å². The number of rotatable bonds is 6. The average molecular weight is 509 g/mol. The molecule has 1 atom stereocenters. The van der Waals surface area contributed by atoms with Crippen LogP contribution in [0.25, 0.3) is 6.08 Å². The first-order chi connectivity index (χ1) is 17.3. The monoisotopic (exact) mass is 508 g/mol. The van der Waals surface area contributed by atoms with Crippen LogP contribution >= 0.6 is 11.3 Å². The molecule has 3 aromatic rings. The van der Waals surface area contributed by atoms with Crippen molar-refractivity contribution in [1.82, 2.24) is 4.57 Å². The highest BCUT2D eigenvalue weighted by Crippen LogP contribution is 2.32. The lowest BCUT2D eigenvalue weighted by Crippen LogP contribution is -2.39. The lowest BCUT2D eigenvalue weighted by atomic mass is 9.96. The van der Waals surface area contributed by atoms with Gasteiger partial charge in [-0.2, -0.15) is 0 Å². The van der Waals surface area contributed by atoms with Crippen molar-refractivity contribution in [2.45, 2.75) is 19.9 Å². The van der Waals surface area contributed by atoms with Gasteiger partial charge in [0, 0.05) is 6.92 Å². The molecular weight excluding hydrogens is 484 g/mol. The largest absolute Gasteiger partial charge is 0.497 e. The molecule has 0 aliphatic carbocycles. The van der Waals surface area contributed by atoms with Crippen molar-refractivity contribution in [2.24, 2.45) is 4.99 Å². The Morgan fingerprint density at radius 1 is 1.03 bits per heavy atom. The van der Waals surface area contributed by atoms with Gasteiger partial charge in [-0.3, -0.25) is 14.2 Å². The summed E-state index contributed by atoms with van der Waals surface area (Å²) < 4.78 is 22.7. The van der Waals surface area contributed by atoms with Crippen molar-refractivity contribution in [3.05, 3.63) is 84.5 Å². The van der Waals surface area contributed by atoms with E-state index in [2.05, 4.69) is 4.99 Å². The number of hydrogen-bond donors (Lipinski definition) is 0. The third-order valence-corrected chi connectivity index (χ3v) is 6.58. The highest BCUT2D eigenvalue weighted by Gasteiger charge is 2.33. The molecular formula is C26H24N2O7S. The standard InChI is InChI=1S/C26H24N2O7S/c1-14-22(25(31)34-5)23(17-7-9-18(32-3)10-8-17)28-24(30)21(36-26(28)27-14)13-16-6-11-19(35-15(2)29)20(12-16)33-4/h6-13,23H,1-5H3/b21-13-/t23-/m0/s1. The van der Waals surface area contributed by atoms with Gasteiger partial charge in [-0.05, 0) is 48.4 Å². The smallest absolute Gasteiger partial charge is 0.338 e. The normalized spacial score (nSPS) is 15.1. The molecule has 186 valence electrons. The van der Waals surface area contributed by atoms with Crippen molar-refractivity contribution < 1.29 is 28.5 Å². The molecule has 0 saturated heterocycles. The summed E-state index contributed by atoms with van der Waals surface area (Å²) in [5.41, 5.74) is 1.83. The van der Waals surface area contributed by atoms with Gasteiger partial charge in [-0.1, -0.05) is 29.5 Å². The number of carbonyl (C=O) groups is 2. The lowest BCUT2D eigenvalue weighted by Gasteiger charge is -2.24. The maximum atomic E-state index is 13.6. The summed E-state index contributed by atoms with van der Waals surface area (Å²) in [5.74, 6) is 0.257. The van der Waals surface area contributed by atoms with Gasteiger partial charge >= 0.3 is 11.9 Å². The molecule has 36 heavy (non-hydrogen) atoms. The molecule has 9 nitrogen and oxygen atoms in total. The molecule has 1 aliphatic heterocycles. The van der Waals surface area contributed by atoms with E-state index >= 15 is 0 Å². The first kappa shape index (κ1) is 24.9. The number of hydrogen-bond acceptors (Lipinski definition) is 9. The van der Waals surface area contributed by atoms with E-state index in [1.54, 1.807) is 62.6 Å². The SMILES string of the molecule is COC(=O)C1=C(C)N=c2s/c(=C\c3ccc(OC(C)=O)c(OC)c3)c(=O)n2[C@H]1c1ccc(OC)cc1. The Labute approximate surface area is 210 Å². The second-order valence-electron chi connectivity index (χ2n) is 7.85. The van der Waals surface area contributed by atoms with Crippen LogP contribution in [0.2, 0.25) is 0 Å². The van der Waals surface area contributed by atoms with Gasteiger partial charge in [0.15, 0.2) is 16.3 Å². The van der Waals surface area contributed by atoms with E-state index in [0.29, 0.717) is 37.7 Å².